The second-order valence-corrected chi connectivity index (χ2v) is 5.12. The number of esters is 2. The minimum Gasteiger partial charge on any atom is -0.463 e. The summed E-state index contributed by atoms with van der Waals surface area (Å²) in [5, 5.41) is 2.14. The number of carbonyl (C=O) groups is 3. The van der Waals surface area contributed by atoms with Crippen LogP contribution >= 0.6 is 0 Å². The number of hydrogen-bond acceptors (Lipinski definition) is 6. The van der Waals surface area contributed by atoms with Crippen LogP contribution in [0.25, 0.3) is 0 Å². The van der Waals surface area contributed by atoms with Crippen LogP contribution in [0.3, 0.4) is 0 Å². The van der Waals surface area contributed by atoms with E-state index in [0.717, 1.165) is 20.8 Å². The summed E-state index contributed by atoms with van der Waals surface area (Å²) in [6.45, 7) is 2.17. The molecule has 0 aromatic rings. The van der Waals surface area contributed by atoms with Gasteiger partial charge in [0.15, 0.2) is 0 Å². The predicted molar refractivity (Wildman–Crippen MR) is 69.1 cm³/mol. The Morgan fingerprint density at radius 2 is 1.78 bits per heavy atom. The molecule has 1 fully saturated rings. The first kappa shape index (κ1) is 19.2. The number of hydrogen-bond donors (Lipinski definition) is 1. The molecule has 1 aliphatic rings. The van der Waals surface area contributed by atoms with Gasteiger partial charge in [0.25, 0.3) is 0 Å². The zero-order chi connectivity index (χ0) is 17.8. The van der Waals surface area contributed by atoms with E-state index in [9.17, 15) is 27.6 Å². The molecule has 1 heterocycles. The van der Waals surface area contributed by atoms with Gasteiger partial charge in [-0.25, -0.2) is 0 Å². The zero-order valence-corrected chi connectivity index (χ0v) is 12.8. The lowest BCUT2D eigenvalue weighted by Crippen LogP contribution is -2.62. The Balaban J connectivity index is 3.07. The van der Waals surface area contributed by atoms with Crippen molar-refractivity contribution in [2.24, 2.45) is 5.92 Å². The highest BCUT2D eigenvalue weighted by Crippen LogP contribution is 2.38. The van der Waals surface area contributed by atoms with Gasteiger partial charge in [-0.1, -0.05) is 0 Å². The van der Waals surface area contributed by atoms with Gasteiger partial charge in [0.2, 0.25) is 5.91 Å². The van der Waals surface area contributed by atoms with Gasteiger partial charge in [-0.2, -0.15) is 13.2 Å². The molecule has 7 nitrogen and oxygen atoms in total. The second kappa shape index (κ2) is 7.62. The molecule has 23 heavy (non-hydrogen) atoms. The van der Waals surface area contributed by atoms with Crippen molar-refractivity contribution in [3.05, 3.63) is 0 Å². The number of ether oxygens (including phenoxy) is 3. The van der Waals surface area contributed by atoms with E-state index in [2.05, 4.69) is 10.1 Å². The molecule has 0 aromatic carbocycles. The number of carbonyl (C=O) groups excluding carboxylic acids is 3. The highest BCUT2D eigenvalue weighted by Gasteiger charge is 2.56. The van der Waals surface area contributed by atoms with Crippen molar-refractivity contribution >= 4 is 17.8 Å². The highest BCUT2D eigenvalue weighted by molar-refractivity contribution is 5.73. The Morgan fingerprint density at radius 3 is 2.22 bits per heavy atom. The fraction of sp³-hybridized carbons (Fsp3) is 0.769. The number of alkyl halides is 3. The lowest BCUT2D eigenvalue weighted by Gasteiger charge is -2.42. The van der Waals surface area contributed by atoms with Crippen LogP contribution in [0.1, 0.15) is 20.8 Å². The van der Waals surface area contributed by atoms with E-state index in [1.54, 1.807) is 0 Å². The van der Waals surface area contributed by atoms with Gasteiger partial charge >= 0.3 is 18.1 Å². The summed E-state index contributed by atoms with van der Waals surface area (Å²) in [7, 11) is 0. The van der Waals surface area contributed by atoms with E-state index in [1.165, 1.54) is 0 Å². The van der Waals surface area contributed by atoms with Crippen molar-refractivity contribution < 1.29 is 41.8 Å². The summed E-state index contributed by atoms with van der Waals surface area (Å²) >= 11 is 0. The molecule has 0 aromatic heterocycles. The van der Waals surface area contributed by atoms with Crippen molar-refractivity contribution in [2.75, 3.05) is 13.2 Å². The maximum Gasteiger partial charge on any atom is 0.397 e. The fourth-order valence-corrected chi connectivity index (χ4v) is 2.38. The van der Waals surface area contributed by atoms with Crippen LogP contribution in [-0.2, 0) is 28.6 Å². The van der Waals surface area contributed by atoms with Gasteiger partial charge in [0.1, 0.15) is 24.7 Å². The van der Waals surface area contributed by atoms with Gasteiger partial charge in [0.05, 0.1) is 12.6 Å². The quantitative estimate of drug-likeness (QED) is 0.752. The van der Waals surface area contributed by atoms with Gasteiger partial charge in [-0.05, 0) is 0 Å². The molecule has 0 bridgehead atoms. The molecule has 1 aliphatic heterocycles. The number of nitrogens with one attached hydrogen (secondary N) is 1. The molecule has 0 saturated carbocycles. The highest BCUT2D eigenvalue weighted by atomic mass is 19.4. The third-order valence-electron chi connectivity index (χ3n) is 3.16. The van der Waals surface area contributed by atoms with E-state index < -0.39 is 61.4 Å². The van der Waals surface area contributed by atoms with Gasteiger partial charge in [0, 0.05) is 20.8 Å². The lowest BCUT2D eigenvalue weighted by molar-refractivity contribution is -0.257. The van der Waals surface area contributed by atoms with Crippen molar-refractivity contribution in [2.45, 2.75) is 45.2 Å². The molecule has 1 saturated heterocycles. The fourth-order valence-electron chi connectivity index (χ4n) is 2.38. The topological polar surface area (TPSA) is 90.9 Å². The van der Waals surface area contributed by atoms with Crippen LogP contribution in [0.15, 0.2) is 0 Å². The van der Waals surface area contributed by atoms with Gasteiger partial charge in [-0.3, -0.25) is 14.4 Å². The molecule has 0 spiro atoms. The van der Waals surface area contributed by atoms with Gasteiger partial charge in [-0.15, -0.1) is 0 Å². The largest absolute Gasteiger partial charge is 0.463 e. The smallest absolute Gasteiger partial charge is 0.397 e. The van der Waals surface area contributed by atoms with E-state index in [4.69, 9.17) is 9.47 Å². The molecule has 0 aliphatic carbocycles. The standard InChI is InChI=1S/C13H18F3NO6/c1-6(18)17-9-4-22-10(5-21-7(2)19)12(23-8(3)20)11(9)13(14,15)16/h9-12H,4-5H2,1-3H3,(H,17,18). The minimum atomic E-state index is -4.76. The molecular formula is C13H18F3NO6. The average molecular weight is 341 g/mol. The Hall–Kier alpha value is -1.84. The van der Waals surface area contributed by atoms with E-state index in [1.807, 2.05) is 0 Å². The van der Waals surface area contributed by atoms with Crippen LogP contribution in [0, 0.1) is 5.92 Å². The first-order valence-electron chi connectivity index (χ1n) is 6.78. The van der Waals surface area contributed by atoms with E-state index >= 15 is 0 Å². The van der Waals surface area contributed by atoms with Crippen LogP contribution in [0.5, 0.6) is 0 Å². The lowest BCUT2D eigenvalue weighted by atomic mass is 9.87. The Morgan fingerprint density at radius 1 is 1.17 bits per heavy atom. The summed E-state index contributed by atoms with van der Waals surface area (Å²) in [6, 6.07) is -1.41. The molecule has 4 atom stereocenters. The first-order chi connectivity index (χ1) is 10.5. The summed E-state index contributed by atoms with van der Waals surface area (Å²) in [5.41, 5.74) is 0. The summed E-state index contributed by atoms with van der Waals surface area (Å²) in [6.07, 6.45) is -7.78. The van der Waals surface area contributed by atoms with Gasteiger partial charge < -0.3 is 19.5 Å². The van der Waals surface area contributed by atoms with Crippen molar-refractivity contribution in [1.29, 1.82) is 0 Å². The van der Waals surface area contributed by atoms with Crippen LogP contribution < -0.4 is 5.32 Å². The maximum atomic E-state index is 13.4. The monoisotopic (exact) mass is 341 g/mol. The second-order valence-electron chi connectivity index (χ2n) is 5.12. The number of rotatable bonds is 4. The third kappa shape index (κ3) is 5.70. The summed E-state index contributed by atoms with van der Waals surface area (Å²) in [5.74, 6) is -4.50. The van der Waals surface area contributed by atoms with Crippen LogP contribution in [0.2, 0.25) is 0 Å². The molecular weight excluding hydrogens is 323 g/mol. The van der Waals surface area contributed by atoms with Crippen molar-refractivity contribution in [3.8, 4) is 0 Å². The first-order valence-corrected chi connectivity index (χ1v) is 6.78. The minimum absolute atomic E-state index is 0.451. The van der Waals surface area contributed by atoms with E-state index in [0.29, 0.717) is 0 Å². The molecule has 1 N–H and O–H groups in total. The molecule has 132 valence electrons. The number of amides is 1. The summed E-state index contributed by atoms with van der Waals surface area (Å²) in [4.78, 5) is 33.1. The molecule has 0 radical (unpaired) electrons. The third-order valence-corrected chi connectivity index (χ3v) is 3.16. The zero-order valence-electron chi connectivity index (χ0n) is 12.8. The maximum absolute atomic E-state index is 13.4. The Labute approximate surface area is 130 Å². The Kier molecular flexibility index (Phi) is 6.37. The molecule has 1 amide bonds. The van der Waals surface area contributed by atoms with Crippen LogP contribution in [0.4, 0.5) is 13.2 Å². The molecule has 1 rings (SSSR count). The SMILES string of the molecule is CC(=O)NC1COC(COC(C)=O)C(OC(C)=O)C1C(F)(F)F. The van der Waals surface area contributed by atoms with E-state index in [-0.39, 0.29) is 0 Å². The Bertz CT molecular complexity index is 467. The van der Waals surface area contributed by atoms with Crippen molar-refractivity contribution in [1.82, 2.24) is 5.32 Å². The number of halogens is 3. The normalized spacial score (nSPS) is 27.9. The summed E-state index contributed by atoms with van der Waals surface area (Å²) < 4.78 is 54.9. The average Bonchev–Trinajstić information content (AvgIpc) is 2.34. The van der Waals surface area contributed by atoms with Crippen LogP contribution in [-0.4, -0.2) is 55.5 Å². The van der Waals surface area contributed by atoms with Crippen molar-refractivity contribution in [3.63, 3.8) is 0 Å². The molecule has 4 unspecified atom stereocenters. The molecule has 10 heteroatoms. The predicted octanol–water partition coefficient (Wildman–Crippen LogP) is 0.563.